The van der Waals surface area contributed by atoms with E-state index in [0.29, 0.717) is 42.8 Å². The number of ether oxygens (including phenoxy) is 2. The summed E-state index contributed by atoms with van der Waals surface area (Å²) < 4.78 is 10.6. The summed E-state index contributed by atoms with van der Waals surface area (Å²) in [6.45, 7) is 2.32. The Hall–Kier alpha value is -1.46. The molecule has 0 atom stereocenters. The lowest BCUT2D eigenvalue weighted by Crippen LogP contribution is -2.43. The van der Waals surface area contributed by atoms with Gasteiger partial charge in [0.15, 0.2) is 6.61 Å². The highest BCUT2D eigenvalue weighted by molar-refractivity contribution is 6.30. The fourth-order valence-electron chi connectivity index (χ4n) is 1.68. The van der Waals surface area contributed by atoms with E-state index < -0.39 is 0 Å². The van der Waals surface area contributed by atoms with Gasteiger partial charge in [0, 0.05) is 24.2 Å². The molecule has 2 rings (SSSR count). The van der Waals surface area contributed by atoms with Gasteiger partial charge in [-0.2, -0.15) is 0 Å². The normalized spacial score (nSPS) is 15.5. The van der Waals surface area contributed by atoms with Crippen LogP contribution in [-0.2, 0) is 9.53 Å². The van der Waals surface area contributed by atoms with E-state index in [9.17, 15) is 4.79 Å². The molecule has 0 saturated carbocycles. The molecule has 0 unspecified atom stereocenters. The van der Waals surface area contributed by atoms with Crippen molar-refractivity contribution in [2.45, 2.75) is 0 Å². The number of nitrogen functional groups attached to an aromatic ring is 1. The zero-order valence-electron chi connectivity index (χ0n) is 9.89. The standard InChI is InChI=1S/C12H15ClN2O3/c13-9-1-2-10(14)11(7-9)18-8-12(16)15-3-5-17-6-4-15/h1-2,7H,3-6,8,14H2. The molecule has 1 aromatic rings. The Morgan fingerprint density at radius 2 is 2.17 bits per heavy atom. The molecule has 0 aliphatic carbocycles. The second-order valence-corrected chi connectivity index (χ2v) is 4.40. The summed E-state index contributed by atoms with van der Waals surface area (Å²) in [5.74, 6) is 0.363. The summed E-state index contributed by atoms with van der Waals surface area (Å²) >= 11 is 5.83. The van der Waals surface area contributed by atoms with Gasteiger partial charge in [0.05, 0.1) is 18.9 Å². The van der Waals surface area contributed by atoms with Crippen molar-refractivity contribution in [2.24, 2.45) is 0 Å². The highest BCUT2D eigenvalue weighted by Gasteiger charge is 2.17. The highest BCUT2D eigenvalue weighted by atomic mass is 35.5. The Kier molecular flexibility index (Phi) is 4.28. The summed E-state index contributed by atoms with van der Waals surface area (Å²) in [6.07, 6.45) is 0. The SMILES string of the molecule is Nc1ccc(Cl)cc1OCC(=O)N1CCOCC1. The van der Waals surface area contributed by atoms with Crippen LogP contribution in [-0.4, -0.2) is 43.7 Å². The van der Waals surface area contributed by atoms with E-state index in [2.05, 4.69) is 0 Å². The van der Waals surface area contributed by atoms with E-state index in [1.165, 1.54) is 0 Å². The number of anilines is 1. The lowest BCUT2D eigenvalue weighted by Gasteiger charge is -2.26. The van der Waals surface area contributed by atoms with Gasteiger partial charge in [-0.05, 0) is 12.1 Å². The first-order valence-corrected chi connectivity index (χ1v) is 6.08. The van der Waals surface area contributed by atoms with E-state index in [4.69, 9.17) is 26.8 Å². The predicted molar refractivity (Wildman–Crippen MR) is 68.8 cm³/mol. The summed E-state index contributed by atoms with van der Waals surface area (Å²) in [6, 6.07) is 4.92. The second kappa shape index (κ2) is 5.93. The number of benzene rings is 1. The maximum Gasteiger partial charge on any atom is 0.260 e. The summed E-state index contributed by atoms with van der Waals surface area (Å²) in [5.41, 5.74) is 6.19. The number of carbonyl (C=O) groups excluding carboxylic acids is 1. The average Bonchev–Trinajstić information content (AvgIpc) is 2.40. The molecule has 18 heavy (non-hydrogen) atoms. The molecule has 6 heteroatoms. The van der Waals surface area contributed by atoms with Crippen molar-refractivity contribution >= 4 is 23.2 Å². The van der Waals surface area contributed by atoms with Crippen molar-refractivity contribution in [1.29, 1.82) is 0 Å². The van der Waals surface area contributed by atoms with Gasteiger partial charge >= 0.3 is 0 Å². The van der Waals surface area contributed by atoms with E-state index in [1.54, 1.807) is 23.1 Å². The summed E-state index contributed by atoms with van der Waals surface area (Å²) in [7, 11) is 0. The number of morpholine rings is 1. The van der Waals surface area contributed by atoms with Crippen molar-refractivity contribution in [2.75, 3.05) is 38.6 Å². The Morgan fingerprint density at radius 1 is 1.44 bits per heavy atom. The van der Waals surface area contributed by atoms with Crippen molar-refractivity contribution in [3.8, 4) is 5.75 Å². The van der Waals surface area contributed by atoms with Crippen LogP contribution in [0.25, 0.3) is 0 Å². The average molecular weight is 271 g/mol. The minimum atomic E-state index is -0.0716. The third-order valence-corrected chi connectivity index (χ3v) is 2.93. The van der Waals surface area contributed by atoms with Crippen LogP contribution < -0.4 is 10.5 Å². The molecule has 5 nitrogen and oxygen atoms in total. The second-order valence-electron chi connectivity index (χ2n) is 3.96. The van der Waals surface area contributed by atoms with E-state index in [-0.39, 0.29) is 12.5 Å². The zero-order chi connectivity index (χ0) is 13.0. The maximum atomic E-state index is 11.8. The van der Waals surface area contributed by atoms with E-state index in [0.717, 1.165) is 0 Å². The number of hydrogen-bond donors (Lipinski definition) is 1. The Balaban J connectivity index is 1.90. The van der Waals surface area contributed by atoms with Gasteiger partial charge in [0.25, 0.3) is 5.91 Å². The van der Waals surface area contributed by atoms with Crippen LogP contribution in [0.5, 0.6) is 5.75 Å². The molecule has 0 bridgehead atoms. The molecule has 1 heterocycles. The van der Waals surface area contributed by atoms with Crippen LogP contribution in [0.2, 0.25) is 5.02 Å². The molecule has 1 aromatic carbocycles. The molecule has 0 spiro atoms. The number of hydrogen-bond acceptors (Lipinski definition) is 4. The van der Waals surface area contributed by atoms with Crippen LogP contribution in [0.1, 0.15) is 0 Å². The Labute approximate surface area is 110 Å². The van der Waals surface area contributed by atoms with Gasteiger partial charge < -0.3 is 20.1 Å². The van der Waals surface area contributed by atoms with Crippen LogP contribution in [0.15, 0.2) is 18.2 Å². The number of rotatable bonds is 3. The topological polar surface area (TPSA) is 64.8 Å². The van der Waals surface area contributed by atoms with Gasteiger partial charge in [0.1, 0.15) is 5.75 Å². The molecule has 1 amide bonds. The van der Waals surface area contributed by atoms with E-state index in [1.807, 2.05) is 0 Å². The van der Waals surface area contributed by atoms with Gasteiger partial charge in [-0.3, -0.25) is 4.79 Å². The molecule has 98 valence electrons. The number of carbonyl (C=O) groups is 1. The third-order valence-electron chi connectivity index (χ3n) is 2.69. The van der Waals surface area contributed by atoms with E-state index >= 15 is 0 Å². The monoisotopic (exact) mass is 270 g/mol. The lowest BCUT2D eigenvalue weighted by molar-refractivity contribution is -0.137. The quantitative estimate of drug-likeness (QED) is 0.837. The highest BCUT2D eigenvalue weighted by Crippen LogP contribution is 2.25. The first-order chi connectivity index (χ1) is 8.66. The summed E-state index contributed by atoms with van der Waals surface area (Å²) in [5, 5.41) is 0.526. The first-order valence-electron chi connectivity index (χ1n) is 5.70. The largest absolute Gasteiger partial charge is 0.482 e. The van der Waals surface area contributed by atoms with Crippen LogP contribution >= 0.6 is 11.6 Å². The number of halogens is 1. The molecule has 1 fully saturated rings. The smallest absolute Gasteiger partial charge is 0.260 e. The first kappa shape index (κ1) is 13.0. The molecule has 0 radical (unpaired) electrons. The minimum Gasteiger partial charge on any atom is -0.482 e. The summed E-state index contributed by atoms with van der Waals surface area (Å²) in [4.78, 5) is 13.6. The molecule has 1 aliphatic rings. The molecule has 1 saturated heterocycles. The van der Waals surface area contributed by atoms with Crippen molar-refractivity contribution < 1.29 is 14.3 Å². The predicted octanol–water partition coefficient (Wildman–Crippen LogP) is 1.16. The van der Waals surface area contributed by atoms with Crippen molar-refractivity contribution in [3.05, 3.63) is 23.2 Å². The zero-order valence-corrected chi connectivity index (χ0v) is 10.7. The number of amides is 1. The van der Waals surface area contributed by atoms with Gasteiger partial charge in [-0.15, -0.1) is 0 Å². The van der Waals surface area contributed by atoms with Crippen LogP contribution in [0.4, 0.5) is 5.69 Å². The molecule has 2 N–H and O–H groups in total. The van der Waals surface area contributed by atoms with Crippen LogP contribution in [0.3, 0.4) is 0 Å². The molecule has 0 aromatic heterocycles. The maximum absolute atomic E-state index is 11.8. The minimum absolute atomic E-state index is 0.0372. The van der Waals surface area contributed by atoms with Crippen molar-refractivity contribution in [3.63, 3.8) is 0 Å². The lowest BCUT2D eigenvalue weighted by atomic mass is 10.3. The van der Waals surface area contributed by atoms with Crippen molar-refractivity contribution in [1.82, 2.24) is 4.90 Å². The van der Waals surface area contributed by atoms with Gasteiger partial charge in [-0.25, -0.2) is 0 Å². The molecule has 1 aliphatic heterocycles. The Morgan fingerprint density at radius 3 is 2.89 bits per heavy atom. The van der Waals surface area contributed by atoms with Gasteiger partial charge in [-0.1, -0.05) is 11.6 Å². The van der Waals surface area contributed by atoms with Gasteiger partial charge in [0.2, 0.25) is 0 Å². The van der Waals surface area contributed by atoms with Crippen LogP contribution in [0, 0.1) is 0 Å². The molecular weight excluding hydrogens is 256 g/mol. The third kappa shape index (κ3) is 3.27. The molecular formula is C12H15ClN2O3. The number of nitrogens with zero attached hydrogens (tertiary/aromatic N) is 1. The fourth-order valence-corrected chi connectivity index (χ4v) is 1.84. The number of nitrogens with two attached hydrogens (primary N) is 1. The fraction of sp³-hybridized carbons (Fsp3) is 0.417. The Bertz CT molecular complexity index is 433.